The highest BCUT2D eigenvalue weighted by Crippen LogP contribution is 2.38. The Morgan fingerprint density at radius 2 is 1.86 bits per heavy atom. The minimum absolute atomic E-state index is 0.210. The minimum Gasteiger partial charge on any atom is -0.497 e. The second kappa shape index (κ2) is 8.96. The largest absolute Gasteiger partial charge is 0.497 e. The van der Waals surface area contributed by atoms with Gasteiger partial charge in [-0.1, -0.05) is 11.6 Å². The Morgan fingerprint density at radius 3 is 2.57 bits per heavy atom. The number of esters is 1. The first kappa shape index (κ1) is 22.7. The van der Waals surface area contributed by atoms with Gasteiger partial charge in [-0.15, -0.1) is 0 Å². The van der Waals surface area contributed by atoms with Gasteiger partial charge in [0.1, 0.15) is 17.2 Å². The van der Waals surface area contributed by atoms with Gasteiger partial charge in [-0.25, -0.2) is 4.79 Å². The summed E-state index contributed by atoms with van der Waals surface area (Å²) >= 11 is 5.89. The van der Waals surface area contributed by atoms with Crippen molar-refractivity contribution in [2.45, 2.75) is 20.4 Å². The quantitative estimate of drug-likeness (QED) is 0.183. The van der Waals surface area contributed by atoms with Gasteiger partial charge in [0.15, 0.2) is 5.76 Å². The standard InChI is InChI=1S/C28H22ClNO5/c1-4-30-15-18(22-13-20(33-3)9-10-23(22)30)12-25-27(31)26-16(2)11-21(14-24(26)35-25)34-28(32)17-5-7-19(29)8-6-17/h5-15H,4H2,1-3H3/b25-12-. The number of benzene rings is 3. The van der Waals surface area contributed by atoms with E-state index in [1.807, 2.05) is 24.4 Å². The van der Waals surface area contributed by atoms with Crippen molar-refractivity contribution < 1.29 is 23.8 Å². The lowest BCUT2D eigenvalue weighted by molar-refractivity contribution is 0.0734. The van der Waals surface area contributed by atoms with Crippen LogP contribution in [0.4, 0.5) is 0 Å². The van der Waals surface area contributed by atoms with E-state index in [-0.39, 0.29) is 11.5 Å². The van der Waals surface area contributed by atoms with Gasteiger partial charge >= 0.3 is 5.97 Å². The van der Waals surface area contributed by atoms with Crippen molar-refractivity contribution in [2.75, 3.05) is 7.11 Å². The van der Waals surface area contributed by atoms with Gasteiger partial charge in [-0.3, -0.25) is 4.79 Å². The van der Waals surface area contributed by atoms with E-state index in [0.717, 1.165) is 28.8 Å². The smallest absolute Gasteiger partial charge is 0.343 e. The Labute approximate surface area is 207 Å². The molecule has 0 spiro atoms. The molecular formula is C28H22ClNO5. The highest BCUT2D eigenvalue weighted by Gasteiger charge is 2.30. The molecule has 5 rings (SSSR count). The number of rotatable bonds is 5. The fourth-order valence-electron chi connectivity index (χ4n) is 4.24. The normalized spacial score (nSPS) is 13.7. The third-order valence-corrected chi connectivity index (χ3v) is 6.23. The number of fused-ring (bicyclic) bond motifs is 2. The molecule has 0 saturated carbocycles. The highest BCUT2D eigenvalue weighted by molar-refractivity contribution is 6.30. The third-order valence-electron chi connectivity index (χ3n) is 5.98. The van der Waals surface area contributed by atoms with E-state index in [0.29, 0.717) is 33.2 Å². The van der Waals surface area contributed by atoms with Crippen LogP contribution in [0.3, 0.4) is 0 Å². The Kier molecular flexibility index (Phi) is 5.83. The lowest BCUT2D eigenvalue weighted by Crippen LogP contribution is -2.08. The summed E-state index contributed by atoms with van der Waals surface area (Å²) in [5.74, 6) is 0.855. The topological polar surface area (TPSA) is 66.8 Å². The van der Waals surface area contributed by atoms with Gasteiger partial charge in [0.25, 0.3) is 0 Å². The molecule has 35 heavy (non-hydrogen) atoms. The first-order valence-electron chi connectivity index (χ1n) is 11.1. The van der Waals surface area contributed by atoms with Crippen LogP contribution < -0.4 is 14.2 Å². The van der Waals surface area contributed by atoms with Crippen LogP contribution in [0.15, 0.2) is 66.6 Å². The summed E-state index contributed by atoms with van der Waals surface area (Å²) < 4.78 is 19.0. The van der Waals surface area contributed by atoms with Crippen molar-refractivity contribution in [3.63, 3.8) is 0 Å². The van der Waals surface area contributed by atoms with E-state index < -0.39 is 5.97 Å². The molecule has 0 bridgehead atoms. The minimum atomic E-state index is -0.526. The molecular weight excluding hydrogens is 466 g/mol. The van der Waals surface area contributed by atoms with Crippen molar-refractivity contribution in [1.82, 2.24) is 4.57 Å². The fraction of sp³-hybridized carbons (Fsp3) is 0.143. The van der Waals surface area contributed by atoms with Gasteiger partial charge in [0.05, 0.1) is 18.2 Å². The van der Waals surface area contributed by atoms with Gasteiger partial charge in [0, 0.05) is 40.3 Å². The summed E-state index contributed by atoms with van der Waals surface area (Å²) in [6.07, 6.45) is 3.73. The van der Waals surface area contributed by atoms with Crippen LogP contribution in [0.25, 0.3) is 17.0 Å². The molecule has 1 aliphatic heterocycles. The van der Waals surface area contributed by atoms with Crippen molar-refractivity contribution in [2.24, 2.45) is 0 Å². The van der Waals surface area contributed by atoms with Crippen molar-refractivity contribution in [3.8, 4) is 17.2 Å². The second-order valence-corrected chi connectivity index (χ2v) is 8.64. The average molecular weight is 488 g/mol. The zero-order valence-corrected chi connectivity index (χ0v) is 20.2. The van der Waals surface area contributed by atoms with Crippen LogP contribution in [-0.4, -0.2) is 23.4 Å². The first-order valence-corrected chi connectivity index (χ1v) is 11.5. The molecule has 0 aliphatic carbocycles. The fourth-order valence-corrected chi connectivity index (χ4v) is 4.36. The summed E-state index contributed by atoms with van der Waals surface area (Å²) in [6, 6.07) is 15.5. The summed E-state index contributed by atoms with van der Waals surface area (Å²) in [5, 5.41) is 1.49. The molecule has 0 atom stereocenters. The number of ketones is 1. The van der Waals surface area contributed by atoms with E-state index >= 15 is 0 Å². The zero-order valence-electron chi connectivity index (χ0n) is 19.4. The van der Waals surface area contributed by atoms with Crippen LogP contribution >= 0.6 is 11.6 Å². The predicted octanol–water partition coefficient (Wildman–Crippen LogP) is 6.47. The first-order chi connectivity index (χ1) is 16.9. The number of aromatic nitrogens is 1. The Hall–Kier alpha value is -4.03. The lowest BCUT2D eigenvalue weighted by atomic mass is 10.0. The number of carbonyl (C=O) groups excluding carboxylic acids is 2. The van der Waals surface area contributed by atoms with Crippen molar-refractivity contribution in [3.05, 3.63) is 93.8 Å². The Bertz CT molecular complexity index is 1510. The van der Waals surface area contributed by atoms with Gasteiger partial charge < -0.3 is 18.8 Å². The number of nitrogens with zero attached hydrogens (tertiary/aromatic N) is 1. The number of Topliss-reactive ketones (excluding diaryl/α,β-unsaturated/α-hetero) is 1. The molecule has 3 aromatic carbocycles. The van der Waals surface area contributed by atoms with Crippen molar-refractivity contribution in [1.29, 1.82) is 0 Å². The van der Waals surface area contributed by atoms with Crippen LogP contribution in [0.1, 0.15) is 38.8 Å². The number of halogens is 1. The number of carbonyl (C=O) groups is 2. The van der Waals surface area contributed by atoms with Crippen molar-refractivity contribution >= 4 is 40.3 Å². The maximum atomic E-state index is 13.2. The van der Waals surface area contributed by atoms with Crippen LogP contribution in [0.5, 0.6) is 17.2 Å². The SMILES string of the molecule is CCn1cc(/C=C2\Oc3cc(OC(=O)c4ccc(Cl)cc4)cc(C)c3C2=O)c2cc(OC)ccc21. The number of aryl methyl sites for hydroxylation is 2. The van der Waals surface area contributed by atoms with Crippen LogP contribution in [0.2, 0.25) is 5.02 Å². The number of hydrogen-bond donors (Lipinski definition) is 0. The number of methoxy groups -OCH3 is 1. The Morgan fingerprint density at radius 1 is 1.09 bits per heavy atom. The third kappa shape index (κ3) is 4.17. The summed E-state index contributed by atoms with van der Waals surface area (Å²) in [5.41, 5.74) is 3.37. The average Bonchev–Trinajstić information content (AvgIpc) is 3.36. The molecule has 2 heterocycles. The van der Waals surface area contributed by atoms with E-state index in [1.54, 1.807) is 56.5 Å². The molecule has 0 unspecified atom stereocenters. The maximum Gasteiger partial charge on any atom is 0.343 e. The second-order valence-electron chi connectivity index (χ2n) is 8.20. The molecule has 0 fully saturated rings. The van der Waals surface area contributed by atoms with Gasteiger partial charge in [-0.2, -0.15) is 0 Å². The maximum absolute atomic E-state index is 13.2. The van der Waals surface area contributed by atoms with E-state index in [1.165, 1.54) is 0 Å². The molecule has 0 N–H and O–H groups in total. The van der Waals surface area contributed by atoms with E-state index in [9.17, 15) is 9.59 Å². The highest BCUT2D eigenvalue weighted by atomic mass is 35.5. The molecule has 1 aromatic heterocycles. The van der Waals surface area contributed by atoms with E-state index in [2.05, 4.69) is 11.5 Å². The number of hydrogen-bond acceptors (Lipinski definition) is 5. The molecule has 0 radical (unpaired) electrons. The predicted molar refractivity (Wildman–Crippen MR) is 135 cm³/mol. The Balaban J connectivity index is 1.47. The van der Waals surface area contributed by atoms with Gasteiger partial charge in [0.2, 0.25) is 5.78 Å². The summed E-state index contributed by atoms with van der Waals surface area (Å²) in [7, 11) is 1.62. The van der Waals surface area contributed by atoms with Crippen LogP contribution in [-0.2, 0) is 6.54 Å². The molecule has 1 aliphatic rings. The number of ether oxygens (including phenoxy) is 3. The monoisotopic (exact) mass is 487 g/mol. The summed E-state index contributed by atoms with van der Waals surface area (Å²) in [4.78, 5) is 25.7. The van der Waals surface area contributed by atoms with Gasteiger partial charge in [-0.05, 0) is 74.0 Å². The van der Waals surface area contributed by atoms with Crippen LogP contribution in [0, 0.1) is 6.92 Å². The molecule has 0 amide bonds. The molecule has 176 valence electrons. The molecule has 4 aromatic rings. The number of allylic oxidation sites excluding steroid dienone is 1. The van der Waals surface area contributed by atoms with E-state index in [4.69, 9.17) is 25.8 Å². The lowest BCUT2D eigenvalue weighted by Gasteiger charge is -2.08. The molecule has 6 nitrogen and oxygen atoms in total. The summed E-state index contributed by atoms with van der Waals surface area (Å²) in [6.45, 7) is 4.63. The molecule has 0 saturated heterocycles. The molecule has 7 heteroatoms. The zero-order chi connectivity index (χ0) is 24.7.